The highest BCUT2D eigenvalue weighted by Crippen LogP contribution is 2.29. The van der Waals surface area contributed by atoms with Crippen molar-refractivity contribution in [2.24, 2.45) is 0 Å². The molecular weight excluding hydrogens is 186 g/mol. The van der Waals surface area contributed by atoms with Crippen LogP contribution >= 0.6 is 0 Å². The van der Waals surface area contributed by atoms with Crippen LogP contribution in [0.3, 0.4) is 0 Å². The molecule has 2 rings (SSSR count). The van der Waals surface area contributed by atoms with Gasteiger partial charge in [0.2, 0.25) is 0 Å². The van der Waals surface area contributed by atoms with Crippen molar-refractivity contribution >= 4 is 16.6 Å². The number of hydrogen-bond donors (Lipinski definition) is 0. The number of fused-ring (bicyclic) bond motifs is 1. The Hall–Kier alpha value is -1.71. The van der Waals surface area contributed by atoms with Crippen LogP contribution in [0.25, 0.3) is 10.9 Å². The van der Waals surface area contributed by atoms with E-state index in [0.717, 1.165) is 0 Å². The molecule has 0 atom stereocenters. The van der Waals surface area contributed by atoms with Gasteiger partial charge in [-0.3, -0.25) is 4.98 Å². The fraction of sp³-hybridized carbons (Fsp3) is 0.100. The monoisotopic (exact) mass is 194 g/mol. The summed E-state index contributed by atoms with van der Waals surface area (Å²) in [4.78, 5) is 4.06. The first kappa shape index (κ1) is 8.87. The Morgan fingerprint density at radius 1 is 1.21 bits per heavy atom. The molecule has 0 spiro atoms. The van der Waals surface area contributed by atoms with Gasteiger partial charge < -0.3 is 0 Å². The second-order valence-corrected chi connectivity index (χ2v) is 3.04. The first-order valence-electron chi connectivity index (χ1n) is 4.16. The molecule has 2 aromatic rings. The Bertz CT molecular complexity index is 469. The molecule has 4 heteroatoms. The van der Waals surface area contributed by atoms with E-state index in [0.29, 0.717) is 16.5 Å². The van der Waals surface area contributed by atoms with Gasteiger partial charge in [-0.15, -0.1) is 0 Å². The van der Waals surface area contributed by atoms with E-state index in [1.54, 1.807) is 31.2 Å². The summed E-state index contributed by atoms with van der Waals surface area (Å²) in [5.74, 6) is 0. The Kier molecular flexibility index (Phi) is 2.04. The zero-order chi connectivity index (χ0) is 10.1. The smallest absolute Gasteiger partial charge is 0.119 e. The Morgan fingerprint density at radius 2 is 1.93 bits per heavy atom. The predicted molar refractivity (Wildman–Crippen MR) is 51.2 cm³/mol. The largest absolute Gasteiger partial charge is 0.256 e. The molecule has 1 aromatic heterocycles. The van der Waals surface area contributed by atoms with Gasteiger partial charge in [-0.05, 0) is 23.9 Å². The van der Waals surface area contributed by atoms with Gasteiger partial charge in [0.1, 0.15) is 5.69 Å². The molecule has 0 aliphatic carbocycles. The molecule has 0 unspecified atom stereocenters. The number of hydrogen-bond acceptors (Lipinski definition) is 2. The number of rotatable bonds is 1. The lowest BCUT2D eigenvalue weighted by molar-refractivity contribution is 0.235. The van der Waals surface area contributed by atoms with Crippen molar-refractivity contribution in [3.8, 4) is 0 Å². The minimum Gasteiger partial charge on any atom is -0.256 e. The van der Waals surface area contributed by atoms with Gasteiger partial charge in [0.15, 0.2) is 0 Å². The molecule has 0 aliphatic heterocycles. The number of aryl methyl sites for hydroxylation is 1. The quantitative estimate of drug-likeness (QED) is 0.648. The lowest BCUT2D eigenvalue weighted by Crippen LogP contribution is -2.00. The van der Waals surface area contributed by atoms with Crippen LogP contribution in [0.5, 0.6) is 0 Å². The third kappa shape index (κ3) is 1.28. The highest BCUT2D eigenvalue weighted by Gasteiger charge is 2.12. The standard InChI is InChI=1S/C10H8F2N2/c1-7-6-13-9-5-3-2-4-8(9)10(7)14(11)12/h2-6H,1H3. The zero-order valence-corrected chi connectivity index (χ0v) is 7.54. The van der Waals surface area contributed by atoms with Crippen LogP contribution in [0.1, 0.15) is 5.56 Å². The lowest BCUT2D eigenvalue weighted by atomic mass is 10.1. The SMILES string of the molecule is Cc1cnc2ccccc2c1N(F)F. The van der Waals surface area contributed by atoms with Crippen molar-refractivity contribution in [1.82, 2.24) is 4.98 Å². The summed E-state index contributed by atoms with van der Waals surface area (Å²) >= 11 is 0. The molecular formula is C10H8F2N2. The van der Waals surface area contributed by atoms with E-state index in [9.17, 15) is 8.96 Å². The van der Waals surface area contributed by atoms with Crippen molar-refractivity contribution in [1.29, 1.82) is 0 Å². The maximum absolute atomic E-state index is 12.6. The normalized spacial score (nSPS) is 10.5. The maximum Gasteiger partial charge on any atom is 0.119 e. The van der Waals surface area contributed by atoms with Gasteiger partial charge >= 0.3 is 0 Å². The van der Waals surface area contributed by atoms with Gasteiger partial charge in [-0.25, -0.2) is 0 Å². The zero-order valence-electron chi connectivity index (χ0n) is 7.54. The second-order valence-electron chi connectivity index (χ2n) is 3.04. The second kappa shape index (κ2) is 3.21. The Balaban J connectivity index is 2.83. The molecule has 0 radical (unpaired) electrons. The van der Waals surface area contributed by atoms with Crippen LogP contribution in [0.2, 0.25) is 0 Å². The number of nitrogens with zero attached hydrogens (tertiary/aromatic N) is 2. The summed E-state index contributed by atoms with van der Waals surface area (Å²) in [5, 5.41) is -0.392. The van der Waals surface area contributed by atoms with Crippen molar-refractivity contribution < 1.29 is 8.96 Å². The molecule has 0 N–H and O–H groups in total. The average Bonchev–Trinajstić information content (AvgIpc) is 2.17. The first-order valence-corrected chi connectivity index (χ1v) is 4.16. The summed E-state index contributed by atoms with van der Waals surface area (Å²) in [5.41, 5.74) is 0.970. The third-order valence-corrected chi connectivity index (χ3v) is 2.10. The highest BCUT2D eigenvalue weighted by molar-refractivity contribution is 5.92. The van der Waals surface area contributed by atoms with Crippen LogP contribution in [-0.4, -0.2) is 4.98 Å². The number of benzene rings is 1. The number of halogens is 2. The number of pyridine rings is 1. The molecule has 1 aromatic carbocycles. The van der Waals surface area contributed by atoms with Crippen molar-refractivity contribution in [2.45, 2.75) is 6.92 Å². The van der Waals surface area contributed by atoms with E-state index < -0.39 is 5.34 Å². The number of para-hydroxylation sites is 1. The highest BCUT2D eigenvalue weighted by atomic mass is 19.4. The molecule has 0 saturated carbocycles. The molecule has 2 nitrogen and oxygen atoms in total. The van der Waals surface area contributed by atoms with Gasteiger partial charge in [0.05, 0.1) is 5.52 Å². The van der Waals surface area contributed by atoms with Gasteiger partial charge in [0.25, 0.3) is 0 Å². The third-order valence-electron chi connectivity index (χ3n) is 2.10. The van der Waals surface area contributed by atoms with Crippen LogP contribution in [-0.2, 0) is 0 Å². The fourth-order valence-corrected chi connectivity index (χ4v) is 1.45. The molecule has 0 saturated heterocycles. The lowest BCUT2D eigenvalue weighted by Gasteiger charge is -2.08. The van der Waals surface area contributed by atoms with Crippen molar-refractivity contribution in [3.63, 3.8) is 0 Å². The van der Waals surface area contributed by atoms with Crippen LogP contribution in [0.15, 0.2) is 30.5 Å². The molecule has 1 heterocycles. The molecule has 0 amide bonds. The average molecular weight is 194 g/mol. The van der Waals surface area contributed by atoms with Crippen LogP contribution in [0.4, 0.5) is 14.6 Å². The fourth-order valence-electron chi connectivity index (χ4n) is 1.45. The summed E-state index contributed by atoms with van der Waals surface area (Å²) in [6.07, 6.45) is 1.45. The Morgan fingerprint density at radius 3 is 2.64 bits per heavy atom. The number of anilines is 1. The molecule has 72 valence electrons. The van der Waals surface area contributed by atoms with Crippen LogP contribution < -0.4 is 5.34 Å². The Labute approximate surface area is 79.7 Å². The van der Waals surface area contributed by atoms with Gasteiger partial charge in [0, 0.05) is 11.6 Å². The van der Waals surface area contributed by atoms with Crippen molar-refractivity contribution in [2.75, 3.05) is 5.34 Å². The topological polar surface area (TPSA) is 16.1 Å². The summed E-state index contributed by atoms with van der Waals surface area (Å²) < 4.78 is 25.1. The molecule has 14 heavy (non-hydrogen) atoms. The van der Waals surface area contributed by atoms with E-state index in [1.807, 2.05) is 0 Å². The van der Waals surface area contributed by atoms with E-state index in [4.69, 9.17) is 0 Å². The van der Waals surface area contributed by atoms with Crippen LogP contribution in [0, 0.1) is 6.92 Å². The first-order chi connectivity index (χ1) is 6.70. The minimum absolute atomic E-state index is 0.0735. The van der Waals surface area contributed by atoms with E-state index >= 15 is 0 Å². The molecule has 0 bridgehead atoms. The summed E-state index contributed by atoms with van der Waals surface area (Å²) in [6, 6.07) is 6.84. The van der Waals surface area contributed by atoms with Gasteiger partial charge in [-0.1, -0.05) is 27.2 Å². The summed E-state index contributed by atoms with van der Waals surface area (Å²) in [6.45, 7) is 1.61. The van der Waals surface area contributed by atoms with E-state index in [-0.39, 0.29) is 5.69 Å². The minimum atomic E-state index is -0.862. The molecule has 0 aliphatic rings. The van der Waals surface area contributed by atoms with E-state index in [2.05, 4.69) is 4.98 Å². The predicted octanol–water partition coefficient (Wildman–Crippen LogP) is 3.12. The van der Waals surface area contributed by atoms with E-state index in [1.165, 1.54) is 6.20 Å². The number of aromatic nitrogens is 1. The molecule has 0 fully saturated rings. The van der Waals surface area contributed by atoms with Crippen molar-refractivity contribution in [3.05, 3.63) is 36.0 Å². The summed E-state index contributed by atoms with van der Waals surface area (Å²) in [7, 11) is 0. The van der Waals surface area contributed by atoms with Gasteiger partial charge in [-0.2, -0.15) is 0 Å². The maximum atomic E-state index is 12.6.